The van der Waals surface area contributed by atoms with Gasteiger partial charge in [0, 0.05) is 23.2 Å². The minimum absolute atomic E-state index is 0.147. The van der Waals surface area contributed by atoms with Gasteiger partial charge in [0.1, 0.15) is 29.6 Å². The van der Waals surface area contributed by atoms with Gasteiger partial charge in [-0.25, -0.2) is 0 Å². The standard InChI is InChI=1S/C34H25ClF3N5O6S/c1-40-31(39)28-8-6-26(47-28)21-10-20(12-25(14-21)49-34(36,37)38)19-4-2-18(3-5-19)16-46-24-13-22(11-23(35)15-24)27-7-9-29(48-27)32-41-33(43-42-32)50-17-30(44)45/h2-15H,16-17H2,1H3,(H2,39,40)(H,44,45)(H,41,42,43). The van der Waals surface area contributed by atoms with Gasteiger partial charge in [0.15, 0.2) is 23.2 Å². The van der Waals surface area contributed by atoms with Crippen LogP contribution in [0.15, 0.2) is 104 Å². The van der Waals surface area contributed by atoms with E-state index in [1.807, 2.05) is 0 Å². The average molecular weight is 724 g/mol. The number of carboxylic acids is 1. The Hall–Kier alpha value is -5.67. The van der Waals surface area contributed by atoms with Crippen LogP contribution in [0.4, 0.5) is 13.2 Å². The maximum atomic E-state index is 13.2. The lowest BCUT2D eigenvalue weighted by Crippen LogP contribution is -2.17. The van der Waals surface area contributed by atoms with Crippen LogP contribution in [-0.2, 0) is 11.4 Å². The van der Waals surface area contributed by atoms with E-state index in [-0.39, 0.29) is 34.9 Å². The molecular formula is C34H25ClF3N5O6S. The van der Waals surface area contributed by atoms with E-state index in [1.54, 1.807) is 72.8 Å². The largest absolute Gasteiger partial charge is 0.573 e. The first-order valence-electron chi connectivity index (χ1n) is 14.6. The maximum Gasteiger partial charge on any atom is 0.573 e. The molecule has 0 saturated heterocycles. The number of hydrogen-bond donors (Lipinski definition) is 3. The van der Waals surface area contributed by atoms with Gasteiger partial charge in [-0.1, -0.05) is 47.6 Å². The van der Waals surface area contributed by atoms with Gasteiger partial charge in [-0.15, -0.1) is 18.3 Å². The number of amidine groups is 1. The van der Waals surface area contributed by atoms with Crippen molar-refractivity contribution in [3.63, 3.8) is 0 Å². The number of aliphatic carboxylic acids is 1. The quantitative estimate of drug-likeness (QED) is 0.0636. The molecule has 0 saturated carbocycles. The van der Waals surface area contributed by atoms with E-state index >= 15 is 0 Å². The molecule has 3 heterocycles. The number of aromatic amines is 1. The minimum atomic E-state index is -4.89. The van der Waals surface area contributed by atoms with Crippen molar-refractivity contribution in [3.05, 3.63) is 101 Å². The highest BCUT2D eigenvalue weighted by Crippen LogP contribution is 2.36. The molecule has 3 aromatic heterocycles. The van der Waals surface area contributed by atoms with Crippen molar-refractivity contribution in [2.24, 2.45) is 10.7 Å². The van der Waals surface area contributed by atoms with Gasteiger partial charge in [0.2, 0.25) is 5.16 Å². The first-order valence-corrected chi connectivity index (χ1v) is 15.9. The van der Waals surface area contributed by atoms with E-state index in [0.29, 0.717) is 50.4 Å². The molecule has 256 valence electrons. The van der Waals surface area contributed by atoms with Crippen LogP contribution < -0.4 is 15.2 Å². The first kappa shape index (κ1) is 34.2. The van der Waals surface area contributed by atoms with Gasteiger partial charge < -0.3 is 29.1 Å². The molecule has 0 aliphatic carbocycles. The molecule has 50 heavy (non-hydrogen) atoms. The smallest absolute Gasteiger partial charge is 0.489 e. The molecule has 6 rings (SSSR count). The fourth-order valence-electron chi connectivity index (χ4n) is 4.76. The second kappa shape index (κ2) is 14.4. The first-order chi connectivity index (χ1) is 23.9. The van der Waals surface area contributed by atoms with Crippen molar-refractivity contribution < 1.29 is 41.4 Å². The second-order valence-electron chi connectivity index (χ2n) is 10.5. The highest BCUT2D eigenvalue weighted by atomic mass is 35.5. The number of ether oxygens (including phenoxy) is 2. The van der Waals surface area contributed by atoms with Crippen LogP contribution in [-0.4, -0.2) is 51.3 Å². The molecule has 0 aliphatic rings. The van der Waals surface area contributed by atoms with Gasteiger partial charge in [0.25, 0.3) is 0 Å². The highest BCUT2D eigenvalue weighted by Gasteiger charge is 2.31. The Morgan fingerprint density at radius 3 is 2.34 bits per heavy atom. The Bertz CT molecular complexity index is 2180. The molecule has 0 aliphatic heterocycles. The van der Waals surface area contributed by atoms with Crippen LogP contribution >= 0.6 is 23.4 Å². The summed E-state index contributed by atoms with van der Waals surface area (Å²) in [7, 11) is 1.50. The SMILES string of the molecule is CN=C(N)c1ccc(-c2cc(OC(F)(F)F)cc(-c3ccc(COc4cc(Cl)cc(-c5ccc(-c6nc(SCC(=O)O)n[nH]6)o5)c4)cc3)c2)o1. The number of aromatic nitrogens is 3. The number of carbonyl (C=O) groups is 1. The van der Waals surface area contributed by atoms with Gasteiger partial charge in [0.05, 0.1) is 5.75 Å². The molecule has 0 atom stereocenters. The lowest BCUT2D eigenvalue weighted by atomic mass is 10.0. The predicted octanol–water partition coefficient (Wildman–Crippen LogP) is 8.30. The third-order valence-corrected chi connectivity index (χ3v) is 8.05. The number of nitrogens with zero attached hydrogens (tertiary/aromatic N) is 3. The summed E-state index contributed by atoms with van der Waals surface area (Å²) in [5, 5.41) is 16.3. The molecular weight excluding hydrogens is 699 g/mol. The molecule has 0 bridgehead atoms. The van der Waals surface area contributed by atoms with E-state index in [1.165, 1.54) is 19.2 Å². The number of hydrogen-bond acceptors (Lipinski definition) is 9. The van der Waals surface area contributed by atoms with E-state index in [4.69, 9.17) is 36.0 Å². The summed E-state index contributed by atoms with van der Waals surface area (Å²) in [6.45, 7) is 0.163. The van der Waals surface area contributed by atoms with Crippen LogP contribution in [0.1, 0.15) is 11.3 Å². The number of alkyl halides is 3. The predicted molar refractivity (Wildman–Crippen MR) is 180 cm³/mol. The van der Waals surface area contributed by atoms with Crippen LogP contribution in [0.2, 0.25) is 5.02 Å². The fourth-order valence-corrected chi connectivity index (χ4v) is 5.50. The summed E-state index contributed by atoms with van der Waals surface area (Å²) in [5.74, 6) is 0.836. The Labute approximate surface area is 290 Å². The number of benzene rings is 3. The van der Waals surface area contributed by atoms with Gasteiger partial charge in [-0.2, -0.15) is 4.98 Å². The Morgan fingerprint density at radius 1 is 0.920 bits per heavy atom. The van der Waals surface area contributed by atoms with Gasteiger partial charge in [-0.3, -0.25) is 14.9 Å². The number of furan rings is 2. The van der Waals surface area contributed by atoms with E-state index in [2.05, 4.69) is 24.9 Å². The summed E-state index contributed by atoms with van der Waals surface area (Å²) < 4.78 is 61.5. The molecule has 0 unspecified atom stereocenters. The van der Waals surface area contributed by atoms with Crippen molar-refractivity contribution in [3.8, 4) is 56.9 Å². The molecule has 3 aromatic carbocycles. The number of nitrogens with two attached hydrogens (primary N) is 1. The van der Waals surface area contributed by atoms with Crippen LogP contribution in [0.25, 0.3) is 45.4 Å². The van der Waals surface area contributed by atoms with E-state index in [9.17, 15) is 18.0 Å². The van der Waals surface area contributed by atoms with Crippen LogP contribution in [0, 0.1) is 0 Å². The normalized spacial score (nSPS) is 11.9. The number of halogens is 4. The van der Waals surface area contributed by atoms with Crippen molar-refractivity contribution >= 4 is 35.2 Å². The van der Waals surface area contributed by atoms with Crippen LogP contribution in [0.3, 0.4) is 0 Å². The molecule has 0 spiro atoms. The zero-order chi connectivity index (χ0) is 35.4. The van der Waals surface area contributed by atoms with Crippen molar-refractivity contribution in [2.45, 2.75) is 18.1 Å². The number of aliphatic imine (C=N–C) groups is 1. The Kier molecular flexibility index (Phi) is 9.88. The third-order valence-electron chi connectivity index (χ3n) is 7.00. The maximum absolute atomic E-state index is 13.2. The number of carboxylic acid groups (broad SMARTS) is 1. The van der Waals surface area contributed by atoms with Crippen molar-refractivity contribution in [1.82, 2.24) is 15.2 Å². The zero-order valence-corrected chi connectivity index (χ0v) is 27.4. The molecule has 4 N–H and O–H groups in total. The summed E-state index contributed by atoms with van der Waals surface area (Å²) in [6, 6.07) is 23.0. The molecule has 0 radical (unpaired) electrons. The van der Waals surface area contributed by atoms with Gasteiger partial charge in [-0.05, 0) is 77.4 Å². The van der Waals surface area contributed by atoms with Crippen molar-refractivity contribution in [2.75, 3.05) is 12.8 Å². The molecule has 6 aromatic rings. The molecule has 11 nitrogen and oxygen atoms in total. The Morgan fingerprint density at radius 2 is 1.60 bits per heavy atom. The summed E-state index contributed by atoms with van der Waals surface area (Å²) in [4.78, 5) is 18.9. The lowest BCUT2D eigenvalue weighted by Gasteiger charge is -2.13. The average Bonchev–Trinajstić information content (AvgIpc) is 3.87. The highest BCUT2D eigenvalue weighted by molar-refractivity contribution is 7.99. The monoisotopic (exact) mass is 723 g/mol. The number of H-pyrrole nitrogens is 1. The summed E-state index contributed by atoms with van der Waals surface area (Å²) in [5.41, 5.74) is 8.68. The zero-order valence-electron chi connectivity index (χ0n) is 25.8. The number of thioether (sulfide) groups is 1. The molecule has 0 amide bonds. The Balaban J connectivity index is 1.17. The third kappa shape index (κ3) is 8.48. The van der Waals surface area contributed by atoms with Gasteiger partial charge >= 0.3 is 12.3 Å². The summed E-state index contributed by atoms with van der Waals surface area (Å²) in [6.07, 6.45) is -4.89. The molecule has 0 fully saturated rings. The van der Waals surface area contributed by atoms with E-state index < -0.39 is 18.1 Å². The summed E-state index contributed by atoms with van der Waals surface area (Å²) >= 11 is 7.37. The topological polar surface area (TPSA) is 162 Å². The van der Waals surface area contributed by atoms with Crippen LogP contribution in [0.5, 0.6) is 11.5 Å². The second-order valence-corrected chi connectivity index (χ2v) is 11.9. The van der Waals surface area contributed by atoms with Crippen molar-refractivity contribution in [1.29, 1.82) is 0 Å². The van der Waals surface area contributed by atoms with E-state index in [0.717, 1.165) is 17.3 Å². The minimum Gasteiger partial charge on any atom is -0.489 e. The lowest BCUT2D eigenvalue weighted by molar-refractivity contribution is -0.274. The number of nitrogens with one attached hydrogen (secondary N) is 1. The molecule has 16 heteroatoms. The number of rotatable bonds is 12. The fraction of sp³-hybridized carbons (Fsp3) is 0.118.